The molecule has 3 N–H and O–H groups in total. The maximum absolute atomic E-state index is 6.08. The maximum atomic E-state index is 6.08. The predicted octanol–water partition coefficient (Wildman–Crippen LogP) is 1.99. The van der Waals surface area contributed by atoms with E-state index in [1.165, 1.54) is 11.1 Å². The normalized spacial score (nSPS) is 13.2. The first-order chi connectivity index (χ1) is 6.61. The van der Waals surface area contributed by atoms with E-state index < -0.39 is 0 Å². The molecule has 1 aromatic carbocycles. The molecule has 0 bridgehead atoms. The molecular weight excluding hydrogens is 172 g/mol. The number of hydrogen-bond donors (Lipinski definition) is 2. The Morgan fingerprint density at radius 2 is 1.93 bits per heavy atom. The molecule has 78 valence electrons. The fourth-order valence-corrected chi connectivity index (χ4v) is 1.48. The molecule has 1 rings (SSSR count). The highest BCUT2D eigenvalue weighted by Crippen LogP contribution is 2.14. The van der Waals surface area contributed by atoms with Crippen molar-refractivity contribution >= 4 is 0 Å². The van der Waals surface area contributed by atoms with Gasteiger partial charge in [-0.05, 0) is 18.1 Å². The summed E-state index contributed by atoms with van der Waals surface area (Å²) >= 11 is 0. The van der Waals surface area contributed by atoms with Crippen LogP contribution in [-0.2, 0) is 0 Å². The van der Waals surface area contributed by atoms with E-state index in [0.29, 0.717) is 6.04 Å². The number of nitrogens with two attached hydrogens (primary N) is 1. The zero-order chi connectivity index (χ0) is 10.6. The average molecular weight is 192 g/mol. The topological polar surface area (TPSA) is 38.0 Å². The molecule has 0 saturated carbocycles. The van der Waals surface area contributed by atoms with Crippen molar-refractivity contribution in [2.45, 2.75) is 32.9 Å². The van der Waals surface area contributed by atoms with Crippen LogP contribution in [0.25, 0.3) is 0 Å². The molecule has 1 unspecified atom stereocenters. The molecule has 0 fully saturated rings. The Labute approximate surface area is 86.5 Å². The van der Waals surface area contributed by atoms with Gasteiger partial charge in [-0.2, -0.15) is 0 Å². The fraction of sp³-hybridized carbons (Fsp3) is 0.500. The van der Waals surface area contributed by atoms with Gasteiger partial charge >= 0.3 is 0 Å². The predicted molar refractivity (Wildman–Crippen MR) is 61.2 cm³/mol. The lowest BCUT2D eigenvalue weighted by Crippen LogP contribution is -2.32. The van der Waals surface area contributed by atoms with Crippen LogP contribution in [0.3, 0.4) is 0 Å². The van der Waals surface area contributed by atoms with E-state index >= 15 is 0 Å². The van der Waals surface area contributed by atoms with Crippen molar-refractivity contribution in [1.29, 1.82) is 0 Å². The Morgan fingerprint density at radius 1 is 1.29 bits per heavy atom. The van der Waals surface area contributed by atoms with Gasteiger partial charge in [-0.3, -0.25) is 0 Å². The van der Waals surface area contributed by atoms with Crippen LogP contribution < -0.4 is 11.1 Å². The molecule has 1 aromatic rings. The summed E-state index contributed by atoms with van der Waals surface area (Å²) in [4.78, 5) is 0. The molecule has 0 amide bonds. The third-order valence-corrected chi connectivity index (χ3v) is 2.33. The van der Waals surface area contributed by atoms with Gasteiger partial charge in [0, 0.05) is 18.6 Å². The molecule has 0 aromatic heterocycles. The molecule has 0 aliphatic carbocycles. The largest absolute Gasteiger partial charge is 0.323 e. The lowest BCUT2D eigenvalue weighted by atomic mass is 10.0. The first-order valence-electron chi connectivity index (χ1n) is 5.15. The molecule has 14 heavy (non-hydrogen) atoms. The highest BCUT2D eigenvalue weighted by molar-refractivity contribution is 5.28. The molecule has 0 radical (unpaired) electrons. The smallest absolute Gasteiger partial charge is 0.0424 e. The second kappa shape index (κ2) is 5.13. The quantitative estimate of drug-likeness (QED) is 0.765. The Kier molecular flexibility index (Phi) is 4.11. The van der Waals surface area contributed by atoms with Gasteiger partial charge in [0.15, 0.2) is 0 Å². The van der Waals surface area contributed by atoms with Crippen molar-refractivity contribution in [1.82, 2.24) is 5.32 Å². The summed E-state index contributed by atoms with van der Waals surface area (Å²) in [6, 6.07) is 8.87. The molecule has 0 aliphatic rings. The van der Waals surface area contributed by atoms with E-state index in [0.717, 1.165) is 6.54 Å². The van der Waals surface area contributed by atoms with E-state index in [2.05, 4.69) is 38.2 Å². The second-order valence-electron chi connectivity index (χ2n) is 4.03. The van der Waals surface area contributed by atoms with Gasteiger partial charge in [0.25, 0.3) is 0 Å². The summed E-state index contributed by atoms with van der Waals surface area (Å²) in [6.07, 6.45) is 0. The summed E-state index contributed by atoms with van der Waals surface area (Å²) in [7, 11) is 0. The fourth-order valence-electron chi connectivity index (χ4n) is 1.48. The van der Waals surface area contributed by atoms with Crippen LogP contribution in [0.15, 0.2) is 24.3 Å². The van der Waals surface area contributed by atoms with Crippen LogP contribution in [0.2, 0.25) is 0 Å². The van der Waals surface area contributed by atoms with Crippen molar-refractivity contribution in [2.24, 2.45) is 5.73 Å². The summed E-state index contributed by atoms with van der Waals surface area (Å²) in [5.74, 6) is 0. The summed E-state index contributed by atoms with van der Waals surface area (Å²) in [5, 5.41) is 3.35. The van der Waals surface area contributed by atoms with Gasteiger partial charge in [0.1, 0.15) is 0 Å². The standard InChI is InChI=1S/C12H20N2/c1-9(2)14-8-12(13)11-7-5-4-6-10(11)3/h4-7,9,12,14H,8,13H2,1-3H3. The highest BCUT2D eigenvalue weighted by atomic mass is 14.9. The van der Waals surface area contributed by atoms with E-state index in [1.807, 2.05) is 12.1 Å². The van der Waals surface area contributed by atoms with Crippen LogP contribution in [0.5, 0.6) is 0 Å². The minimum atomic E-state index is 0.0959. The zero-order valence-electron chi connectivity index (χ0n) is 9.25. The summed E-state index contributed by atoms with van der Waals surface area (Å²) in [5.41, 5.74) is 8.59. The van der Waals surface area contributed by atoms with Crippen molar-refractivity contribution in [3.63, 3.8) is 0 Å². The van der Waals surface area contributed by atoms with E-state index in [-0.39, 0.29) is 6.04 Å². The molecule has 1 atom stereocenters. The van der Waals surface area contributed by atoms with Crippen LogP contribution in [0, 0.1) is 6.92 Å². The summed E-state index contributed by atoms with van der Waals surface area (Å²) < 4.78 is 0. The Morgan fingerprint density at radius 3 is 2.50 bits per heavy atom. The third-order valence-electron chi connectivity index (χ3n) is 2.33. The van der Waals surface area contributed by atoms with Crippen LogP contribution in [0.1, 0.15) is 31.0 Å². The van der Waals surface area contributed by atoms with Crippen molar-refractivity contribution < 1.29 is 0 Å². The van der Waals surface area contributed by atoms with Crippen LogP contribution in [-0.4, -0.2) is 12.6 Å². The first kappa shape index (κ1) is 11.2. The SMILES string of the molecule is Cc1ccccc1C(N)CNC(C)C. The lowest BCUT2D eigenvalue weighted by Gasteiger charge is -2.17. The minimum Gasteiger partial charge on any atom is -0.323 e. The number of nitrogens with one attached hydrogen (secondary N) is 1. The average Bonchev–Trinajstić information content (AvgIpc) is 2.15. The molecular formula is C12H20N2. The molecule has 2 nitrogen and oxygen atoms in total. The first-order valence-corrected chi connectivity index (χ1v) is 5.15. The van der Waals surface area contributed by atoms with Gasteiger partial charge in [0.2, 0.25) is 0 Å². The molecule has 0 saturated heterocycles. The van der Waals surface area contributed by atoms with E-state index in [4.69, 9.17) is 5.73 Å². The number of benzene rings is 1. The molecule has 2 heteroatoms. The molecule has 0 heterocycles. The summed E-state index contributed by atoms with van der Waals surface area (Å²) in [6.45, 7) is 7.20. The van der Waals surface area contributed by atoms with Gasteiger partial charge in [0.05, 0.1) is 0 Å². The number of rotatable bonds is 4. The van der Waals surface area contributed by atoms with Crippen LogP contribution in [0.4, 0.5) is 0 Å². The van der Waals surface area contributed by atoms with Crippen molar-refractivity contribution in [3.8, 4) is 0 Å². The minimum absolute atomic E-state index is 0.0959. The maximum Gasteiger partial charge on any atom is 0.0424 e. The van der Waals surface area contributed by atoms with Gasteiger partial charge in [-0.15, -0.1) is 0 Å². The Hall–Kier alpha value is -0.860. The Bertz CT molecular complexity index is 281. The van der Waals surface area contributed by atoms with Crippen molar-refractivity contribution in [2.75, 3.05) is 6.54 Å². The highest BCUT2D eigenvalue weighted by Gasteiger charge is 2.07. The molecule has 0 spiro atoms. The number of hydrogen-bond acceptors (Lipinski definition) is 2. The monoisotopic (exact) mass is 192 g/mol. The lowest BCUT2D eigenvalue weighted by molar-refractivity contribution is 0.536. The third kappa shape index (κ3) is 3.13. The van der Waals surface area contributed by atoms with Crippen molar-refractivity contribution in [3.05, 3.63) is 35.4 Å². The van der Waals surface area contributed by atoms with Gasteiger partial charge in [-0.1, -0.05) is 38.1 Å². The Balaban J connectivity index is 2.60. The number of aryl methyl sites for hydroxylation is 1. The van der Waals surface area contributed by atoms with Gasteiger partial charge in [-0.25, -0.2) is 0 Å². The second-order valence-corrected chi connectivity index (χ2v) is 4.03. The van der Waals surface area contributed by atoms with Crippen LogP contribution >= 0.6 is 0 Å². The van der Waals surface area contributed by atoms with E-state index in [9.17, 15) is 0 Å². The zero-order valence-corrected chi connectivity index (χ0v) is 9.25. The van der Waals surface area contributed by atoms with Gasteiger partial charge < -0.3 is 11.1 Å². The van der Waals surface area contributed by atoms with E-state index in [1.54, 1.807) is 0 Å². The molecule has 0 aliphatic heterocycles.